The zero-order valence-corrected chi connectivity index (χ0v) is 30.4. The first kappa shape index (κ1) is 34.7. The summed E-state index contributed by atoms with van der Waals surface area (Å²) >= 11 is 0. The fourth-order valence-corrected chi connectivity index (χ4v) is 6.89. The average molecular weight is 654 g/mol. The Morgan fingerprint density at radius 2 is 0.840 bits per heavy atom. The molecule has 50 heavy (non-hydrogen) atoms. The lowest BCUT2D eigenvalue weighted by Gasteiger charge is -2.26. The molecule has 0 spiro atoms. The second-order valence-electron chi connectivity index (χ2n) is 14.0. The van der Waals surface area contributed by atoms with Gasteiger partial charge in [-0.25, -0.2) is 0 Å². The van der Waals surface area contributed by atoms with Crippen LogP contribution in [-0.2, 0) is 6.42 Å². The molecule has 0 aliphatic heterocycles. The van der Waals surface area contributed by atoms with Crippen LogP contribution in [0.2, 0.25) is 0 Å². The Hall–Kier alpha value is -5.14. The third-order valence-electron chi connectivity index (χ3n) is 10.3. The molecule has 0 radical (unpaired) electrons. The van der Waals surface area contributed by atoms with Crippen LogP contribution in [0.25, 0.3) is 11.1 Å². The molecule has 6 aromatic rings. The van der Waals surface area contributed by atoms with Crippen molar-refractivity contribution in [3.05, 3.63) is 197 Å². The molecule has 0 heterocycles. The lowest BCUT2D eigenvalue weighted by atomic mass is 9.83. The summed E-state index contributed by atoms with van der Waals surface area (Å²) in [5, 5.41) is 0. The van der Waals surface area contributed by atoms with E-state index in [9.17, 15) is 0 Å². The van der Waals surface area contributed by atoms with Gasteiger partial charge in [0, 0.05) is 23.0 Å². The van der Waals surface area contributed by atoms with Crippen molar-refractivity contribution in [1.82, 2.24) is 0 Å². The van der Waals surface area contributed by atoms with Crippen LogP contribution in [0.1, 0.15) is 98.6 Å². The van der Waals surface area contributed by atoms with Gasteiger partial charge in [-0.1, -0.05) is 155 Å². The van der Waals surface area contributed by atoms with Crippen molar-refractivity contribution in [2.24, 2.45) is 0 Å². The van der Waals surface area contributed by atoms with Gasteiger partial charge in [0.1, 0.15) is 0 Å². The highest BCUT2D eigenvalue weighted by atomic mass is 15.1. The van der Waals surface area contributed by atoms with Gasteiger partial charge in [-0.15, -0.1) is 0 Å². The summed E-state index contributed by atoms with van der Waals surface area (Å²) in [5.41, 5.74) is 15.1. The first-order valence-corrected chi connectivity index (χ1v) is 18.3. The molecule has 1 heteroatoms. The molecular weight excluding hydrogens is 603 g/mol. The smallest absolute Gasteiger partial charge is 0.0462 e. The number of para-hydroxylation sites is 1. The number of benzene rings is 6. The van der Waals surface area contributed by atoms with Gasteiger partial charge in [0.25, 0.3) is 0 Å². The Labute approximate surface area is 301 Å². The normalized spacial score (nSPS) is 13.0. The molecule has 0 aliphatic carbocycles. The van der Waals surface area contributed by atoms with Gasteiger partial charge in [-0.05, 0) is 119 Å². The maximum absolute atomic E-state index is 4.11. The maximum atomic E-state index is 4.11. The van der Waals surface area contributed by atoms with Gasteiger partial charge in [-0.3, -0.25) is 0 Å². The van der Waals surface area contributed by atoms with E-state index in [0.717, 1.165) is 36.3 Å². The first-order chi connectivity index (χ1) is 24.3. The predicted octanol–water partition coefficient (Wildman–Crippen LogP) is 14.1. The summed E-state index contributed by atoms with van der Waals surface area (Å²) in [5.74, 6) is 1.27. The van der Waals surface area contributed by atoms with Crippen molar-refractivity contribution in [2.45, 2.75) is 71.6 Å². The van der Waals surface area contributed by atoms with Crippen molar-refractivity contribution < 1.29 is 0 Å². The fourth-order valence-electron chi connectivity index (χ4n) is 6.89. The van der Waals surface area contributed by atoms with Crippen LogP contribution in [-0.4, -0.2) is 0 Å². The van der Waals surface area contributed by atoms with Gasteiger partial charge in [-0.2, -0.15) is 0 Å². The molecule has 0 amide bonds. The maximum Gasteiger partial charge on any atom is 0.0462 e. The Morgan fingerprint density at radius 3 is 1.30 bits per heavy atom. The second-order valence-corrected chi connectivity index (χ2v) is 14.0. The summed E-state index contributed by atoms with van der Waals surface area (Å²) in [6.07, 6.45) is 3.19. The molecule has 3 unspecified atom stereocenters. The number of nitrogens with zero attached hydrogens (tertiary/aromatic N) is 1. The van der Waals surface area contributed by atoms with Gasteiger partial charge >= 0.3 is 0 Å². The summed E-state index contributed by atoms with van der Waals surface area (Å²) in [6, 6.07) is 56.3. The SMILES string of the molecule is C=C(C)Cc1ccc(C(c2ccc(-c3ccc(N(c4ccccc4)c4ccc(C(C)CC)cc4)cc3)cc2)c2ccc(C(C)CC)cc2)cc1. The number of anilines is 3. The Kier molecular flexibility index (Phi) is 11.1. The molecule has 252 valence electrons. The van der Waals surface area contributed by atoms with E-state index < -0.39 is 0 Å². The minimum atomic E-state index is 0.155. The van der Waals surface area contributed by atoms with Gasteiger partial charge in [0.15, 0.2) is 0 Å². The van der Waals surface area contributed by atoms with Crippen molar-refractivity contribution in [3.63, 3.8) is 0 Å². The average Bonchev–Trinajstić information content (AvgIpc) is 3.16. The number of hydrogen-bond donors (Lipinski definition) is 0. The third-order valence-corrected chi connectivity index (χ3v) is 10.3. The summed E-state index contributed by atoms with van der Waals surface area (Å²) in [4.78, 5) is 2.34. The van der Waals surface area contributed by atoms with Crippen molar-refractivity contribution >= 4 is 17.1 Å². The molecule has 0 bridgehead atoms. The van der Waals surface area contributed by atoms with Crippen LogP contribution < -0.4 is 4.90 Å². The zero-order valence-electron chi connectivity index (χ0n) is 30.4. The molecule has 3 atom stereocenters. The summed E-state index contributed by atoms with van der Waals surface area (Å²) in [6.45, 7) is 15.3. The predicted molar refractivity (Wildman–Crippen MR) is 216 cm³/mol. The molecule has 0 saturated carbocycles. The molecule has 0 aliphatic rings. The molecule has 0 aromatic heterocycles. The van der Waals surface area contributed by atoms with E-state index in [2.05, 4.69) is 198 Å². The topological polar surface area (TPSA) is 3.24 Å². The van der Waals surface area contributed by atoms with E-state index in [1.54, 1.807) is 0 Å². The first-order valence-electron chi connectivity index (χ1n) is 18.3. The Morgan fingerprint density at radius 1 is 0.480 bits per heavy atom. The van der Waals surface area contributed by atoms with Gasteiger partial charge in [0.2, 0.25) is 0 Å². The van der Waals surface area contributed by atoms with E-state index in [0.29, 0.717) is 11.8 Å². The minimum absolute atomic E-state index is 0.155. The molecule has 6 aromatic carbocycles. The van der Waals surface area contributed by atoms with Crippen LogP contribution in [0.15, 0.2) is 164 Å². The Balaban J connectivity index is 1.30. The third kappa shape index (κ3) is 8.01. The van der Waals surface area contributed by atoms with E-state index >= 15 is 0 Å². The van der Waals surface area contributed by atoms with Crippen molar-refractivity contribution in [1.29, 1.82) is 0 Å². The van der Waals surface area contributed by atoms with E-state index in [1.165, 1.54) is 50.1 Å². The molecule has 0 N–H and O–H groups in total. The van der Waals surface area contributed by atoms with Crippen molar-refractivity contribution in [2.75, 3.05) is 4.90 Å². The Bertz CT molecular complexity index is 1950. The number of hydrogen-bond acceptors (Lipinski definition) is 1. The second kappa shape index (κ2) is 16.0. The largest absolute Gasteiger partial charge is 0.311 e. The van der Waals surface area contributed by atoms with Crippen LogP contribution in [0.5, 0.6) is 0 Å². The van der Waals surface area contributed by atoms with Crippen LogP contribution in [0.4, 0.5) is 17.1 Å². The molecule has 1 nitrogen and oxygen atoms in total. The van der Waals surface area contributed by atoms with Gasteiger partial charge in [0.05, 0.1) is 0 Å². The van der Waals surface area contributed by atoms with Crippen LogP contribution >= 0.6 is 0 Å². The fraction of sp³-hybridized carbons (Fsp3) is 0.224. The van der Waals surface area contributed by atoms with E-state index in [-0.39, 0.29) is 5.92 Å². The lowest BCUT2D eigenvalue weighted by molar-refractivity contribution is 0.733. The highest BCUT2D eigenvalue weighted by Gasteiger charge is 2.19. The molecule has 6 rings (SSSR count). The quantitative estimate of drug-likeness (QED) is 0.0885. The van der Waals surface area contributed by atoms with Crippen molar-refractivity contribution in [3.8, 4) is 11.1 Å². The van der Waals surface area contributed by atoms with Crippen LogP contribution in [0.3, 0.4) is 0 Å². The molecule has 0 saturated heterocycles. The molecule has 0 fully saturated rings. The number of allylic oxidation sites excluding steroid dienone is 1. The van der Waals surface area contributed by atoms with Crippen LogP contribution in [0, 0.1) is 0 Å². The monoisotopic (exact) mass is 653 g/mol. The highest BCUT2D eigenvalue weighted by molar-refractivity contribution is 5.78. The molecular formula is C49H51N. The van der Waals surface area contributed by atoms with Gasteiger partial charge < -0.3 is 4.90 Å². The summed E-state index contributed by atoms with van der Waals surface area (Å²) < 4.78 is 0. The van der Waals surface area contributed by atoms with E-state index in [1.807, 2.05) is 0 Å². The zero-order chi connectivity index (χ0) is 35.0. The van der Waals surface area contributed by atoms with E-state index in [4.69, 9.17) is 0 Å². The lowest BCUT2D eigenvalue weighted by Crippen LogP contribution is -2.10. The minimum Gasteiger partial charge on any atom is -0.311 e. The summed E-state index contributed by atoms with van der Waals surface area (Å²) in [7, 11) is 0. The standard InChI is InChI=1S/C49H51N/c1-7-36(5)39-18-22-44(23-19-39)49(43-16-14-38(15-17-43)34-35(3)4)45-24-20-41(21-25-45)42-28-32-48(33-29-42)50(46-12-10-9-11-13-46)47-30-26-40(27-31-47)37(6)8-2/h9-33,36-37,49H,3,7-8,34H2,1-2,4-6H3. The number of rotatable bonds is 13. The highest BCUT2D eigenvalue weighted by Crippen LogP contribution is 2.38.